The summed E-state index contributed by atoms with van der Waals surface area (Å²) in [4.78, 5) is 27.1. The van der Waals surface area contributed by atoms with Gasteiger partial charge in [0.15, 0.2) is 5.69 Å². The van der Waals surface area contributed by atoms with E-state index in [0.717, 1.165) is 25.3 Å². The van der Waals surface area contributed by atoms with Gasteiger partial charge in [0.05, 0.1) is 5.69 Å². The van der Waals surface area contributed by atoms with E-state index in [-0.39, 0.29) is 11.5 Å². The average molecular weight is 394 g/mol. The molecule has 3 heterocycles. The first-order valence-corrected chi connectivity index (χ1v) is 10.2. The van der Waals surface area contributed by atoms with Crippen LogP contribution in [0.2, 0.25) is 0 Å². The number of amides is 1. The summed E-state index contributed by atoms with van der Waals surface area (Å²) >= 11 is 0. The highest BCUT2D eigenvalue weighted by atomic mass is 16.1. The van der Waals surface area contributed by atoms with Gasteiger partial charge in [0.1, 0.15) is 5.69 Å². The zero-order chi connectivity index (χ0) is 20.2. The summed E-state index contributed by atoms with van der Waals surface area (Å²) in [5, 5.41) is 11.6. The molecule has 0 bridgehead atoms. The van der Waals surface area contributed by atoms with Gasteiger partial charge < -0.3 is 10.2 Å². The fourth-order valence-electron chi connectivity index (χ4n) is 3.68. The minimum Gasteiger partial charge on any atom is -0.351 e. The highest BCUT2D eigenvalue weighted by Crippen LogP contribution is 2.15. The second-order valence-electron chi connectivity index (χ2n) is 7.32. The molecule has 0 aromatic heterocycles. The van der Waals surface area contributed by atoms with Crippen LogP contribution in [0.3, 0.4) is 0 Å². The molecular weight excluding hydrogens is 368 g/mol. The Morgan fingerprint density at radius 1 is 1.07 bits per heavy atom. The van der Waals surface area contributed by atoms with Crippen LogP contribution >= 0.6 is 0 Å². The van der Waals surface area contributed by atoms with Crippen LogP contribution in [-0.2, 0) is 6.54 Å². The lowest BCUT2D eigenvalue weighted by molar-refractivity contribution is 0.0946. The number of aryl methyl sites for hydroxylation is 1. The van der Waals surface area contributed by atoms with Crippen LogP contribution in [0.5, 0.6) is 0 Å². The van der Waals surface area contributed by atoms with Crippen molar-refractivity contribution in [2.45, 2.75) is 32.7 Å². The molecule has 0 spiro atoms. The normalized spacial score (nSPS) is 14.9. The van der Waals surface area contributed by atoms with E-state index in [0.29, 0.717) is 30.0 Å². The summed E-state index contributed by atoms with van der Waals surface area (Å²) in [5.74, 6) is -0.0759. The standard InChI is InChI=1S/C21H26N6O2/c1-2-26-21(29)19-18(23-26)10-14-27(24-19)17-8-6-16(7-9-17)20(28)22-11-15-25-12-4-3-5-13-25/h6-10,14H,2-5,11-13,15H2,1H3,(H,22,28). The molecule has 8 nitrogen and oxygen atoms in total. The van der Waals surface area contributed by atoms with Crippen LogP contribution in [-0.4, -0.2) is 56.5 Å². The number of piperidine rings is 1. The third-order valence-electron chi connectivity index (χ3n) is 5.35. The van der Waals surface area contributed by atoms with Gasteiger partial charge in [0, 0.05) is 31.4 Å². The predicted molar refractivity (Wildman–Crippen MR) is 111 cm³/mol. The quantitative estimate of drug-likeness (QED) is 0.689. The van der Waals surface area contributed by atoms with E-state index >= 15 is 0 Å². The summed E-state index contributed by atoms with van der Waals surface area (Å²) in [6, 6.07) is 8.98. The first-order chi connectivity index (χ1) is 14.2. The van der Waals surface area contributed by atoms with Crippen LogP contribution in [0, 0.1) is 0 Å². The van der Waals surface area contributed by atoms with Crippen molar-refractivity contribution in [3.8, 4) is 17.1 Å². The molecule has 0 unspecified atom stereocenters. The van der Waals surface area contributed by atoms with E-state index in [9.17, 15) is 9.59 Å². The third-order valence-corrected chi connectivity index (χ3v) is 5.35. The number of benzene rings is 1. The summed E-state index contributed by atoms with van der Waals surface area (Å²) in [5.41, 5.74) is 2.12. The Labute approximate surface area is 169 Å². The van der Waals surface area contributed by atoms with Gasteiger partial charge in [-0.25, -0.2) is 9.36 Å². The second kappa shape index (κ2) is 8.57. The van der Waals surface area contributed by atoms with Gasteiger partial charge in [-0.2, -0.15) is 10.2 Å². The van der Waals surface area contributed by atoms with Gasteiger partial charge in [0.25, 0.3) is 11.5 Å². The van der Waals surface area contributed by atoms with E-state index in [4.69, 9.17) is 0 Å². The highest BCUT2D eigenvalue weighted by molar-refractivity contribution is 5.94. The van der Waals surface area contributed by atoms with Crippen molar-refractivity contribution in [1.82, 2.24) is 29.8 Å². The summed E-state index contributed by atoms with van der Waals surface area (Å²) in [7, 11) is 0. The van der Waals surface area contributed by atoms with Gasteiger partial charge in [-0.1, -0.05) is 6.42 Å². The van der Waals surface area contributed by atoms with Crippen LogP contribution in [0.1, 0.15) is 36.5 Å². The number of fused-ring (bicyclic) bond motifs is 1. The predicted octanol–water partition coefficient (Wildman–Crippen LogP) is 1.77. The molecule has 152 valence electrons. The van der Waals surface area contributed by atoms with Crippen molar-refractivity contribution in [3.63, 3.8) is 0 Å². The van der Waals surface area contributed by atoms with Crippen LogP contribution in [0.25, 0.3) is 17.1 Å². The Balaban J connectivity index is 1.41. The molecule has 29 heavy (non-hydrogen) atoms. The number of nitrogens with zero attached hydrogens (tertiary/aromatic N) is 5. The number of rotatable bonds is 6. The number of hydrogen-bond acceptors (Lipinski definition) is 5. The third kappa shape index (κ3) is 4.22. The maximum Gasteiger partial charge on any atom is 0.296 e. The molecule has 1 saturated heterocycles. The molecule has 8 heteroatoms. The lowest BCUT2D eigenvalue weighted by Gasteiger charge is -2.26. The number of carbonyl (C=O) groups excluding carboxylic acids is 1. The van der Waals surface area contributed by atoms with E-state index < -0.39 is 0 Å². The number of hydrogen-bond donors (Lipinski definition) is 1. The molecule has 1 aromatic carbocycles. The number of nitrogens with one attached hydrogen (secondary N) is 1. The van der Waals surface area contributed by atoms with E-state index in [1.54, 1.807) is 29.1 Å². The first-order valence-electron chi connectivity index (χ1n) is 10.2. The number of carbonyl (C=O) groups is 1. The Bertz CT molecular complexity index is 1000. The fourth-order valence-corrected chi connectivity index (χ4v) is 3.68. The van der Waals surface area contributed by atoms with E-state index in [1.165, 1.54) is 23.9 Å². The minimum atomic E-state index is -0.193. The molecule has 1 N–H and O–H groups in total. The average Bonchev–Trinajstić information content (AvgIpc) is 3.09. The Morgan fingerprint density at radius 2 is 1.83 bits per heavy atom. The van der Waals surface area contributed by atoms with Crippen LogP contribution in [0.15, 0.2) is 41.3 Å². The van der Waals surface area contributed by atoms with Crippen molar-refractivity contribution >= 4 is 5.91 Å². The van der Waals surface area contributed by atoms with Gasteiger partial charge in [-0.15, -0.1) is 0 Å². The molecule has 1 aromatic rings. The fraction of sp³-hybridized carbons (Fsp3) is 0.429. The molecule has 4 rings (SSSR count). The Morgan fingerprint density at radius 3 is 2.55 bits per heavy atom. The van der Waals surface area contributed by atoms with E-state index in [1.807, 2.05) is 19.1 Å². The van der Waals surface area contributed by atoms with Gasteiger partial charge in [0.2, 0.25) is 0 Å². The van der Waals surface area contributed by atoms with Crippen molar-refractivity contribution in [3.05, 3.63) is 52.4 Å². The SMILES string of the molecule is CCn1nc2ccn(-c3ccc(C(=O)NCCN4CCCCC4)cc3)nc-2c1=O. The molecule has 0 saturated carbocycles. The maximum absolute atomic E-state index is 12.4. The van der Waals surface area contributed by atoms with Crippen molar-refractivity contribution < 1.29 is 4.79 Å². The van der Waals surface area contributed by atoms with Crippen molar-refractivity contribution in [2.75, 3.05) is 26.2 Å². The van der Waals surface area contributed by atoms with Crippen molar-refractivity contribution in [2.24, 2.45) is 0 Å². The van der Waals surface area contributed by atoms with Gasteiger partial charge >= 0.3 is 0 Å². The Hall–Kier alpha value is -3.00. The summed E-state index contributed by atoms with van der Waals surface area (Å²) < 4.78 is 3.03. The highest BCUT2D eigenvalue weighted by Gasteiger charge is 2.16. The second-order valence-corrected chi connectivity index (χ2v) is 7.32. The summed E-state index contributed by atoms with van der Waals surface area (Å²) in [6.07, 6.45) is 5.58. The van der Waals surface area contributed by atoms with Gasteiger partial charge in [-0.05, 0) is 63.2 Å². The van der Waals surface area contributed by atoms with Crippen molar-refractivity contribution in [1.29, 1.82) is 0 Å². The smallest absolute Gasteiger partial charge is 0.296 e. The minimum absolute atomic E-state index is 0.0759. The molecule has 0 radical (unpaired) electrons. The van der Waals surface area contributed by atoms with E-state index in [2.05, 4.69) is 20.4 Å². The largest absolute Gasteiger partial charge is 0.351 e. The lowest BCUT2D eigenvalue weighted by Crippen LogP contribution is -2.37. The molecule has 1 amide bonds. The monoisotopic (exact) mass is 394 g/mol. The Kier molecular flexibility index (Phi) is 5.71. The van der Waals surface area contributed by atoms with Crippen LogP contribution in [0.4, 0.5) is 0 Å². The molecular formula is C21H26N6O2. The molecule has 0 atom stereocenters. The molecule has 3 aliphatic heterocycles. The van der Waals surface area contributed by atoms with Gasteiger partial charge in [-0.3, -0.25) is 9.59 Å². The number of aromatic nitrogens is 4. The molecule has 0 aliphatic carbocycles. The van der Waals surface area contributed by atoms with Crippen LogP contribution < -0.4 is 10.9 Å². The number of likely N-dealkylation sites (tertiary alicyclic amines) is 1. The summed E-state index contributed by atoms with van der Waals surface area (Å²) in [6.45, 7) is 6.19. The first kappa shape index (κ1) is 19.3. The molecule has 1 fully saturated rings. The topological polar surface area (TPSA) is 85.1 Å². The molecule has 3 aliphatic rings. The lowest BCUT2D eigenvalue weighted by atomic mass is 10.1. The zero-order valence-electron chi connectivity index (χ0n) is 16.7. The maximum atomic E-state index is 12.4. The zero-order valence-corrected chi connectivity index (χ0v) is 16.7.